The van der Waals surface area contributed by atoms with Crippen LogP contribution in [0.3, 0.4) is 0 Å². The minimum absolute atomic E-state index is 0.0398. The van der Waals surface area contributed by atoms with Crippen molar-refractivity contribution in [2.75, 3.05) is 7.11 Å². The molecule has 1 atom stereocenters. The molecule has 0 aliphatic heterocycles. The Balaban J connectivity index is 3.05. The number of aryl methyl sites for hydroxylation is 1. The summed E-state index contributed by atoms with van der Waals surface area (Å²) in [4.78, 5) is 32.6. The van der Waals surface area contributed by atoms with Gasteiger partial charge in [-0.2, -0.15) is 0 Å². The van der Waals surface area contributed by atoms with Crippen molar-refractivity contribution in [2.24, 2.45) is 0 Å². The number of benzene rings is 1. The van der Waals surface area contributed by atoms with Crippen LogP contribution in [0.5, 0.6) is 0 Å². The third-order valence-corrected chi connectivity index (χ3v) is 2.66. The predicted molar refractivity (Wildman–Crippen MR) is 64.8 cm³/mol. The summed E-state index contributed by atoms with van der Waals surface area (Å²) in [5.41, 5.74) is 0.952. The quantitative estimate of drug-likeness (QED) is 0.581. The number of aliphatic hydroxyl groups excluding tert-OH is 1. The Labute approximate surface area is 109 Å². The molecule has 102 valence electrons. The number of hydrogen-bond acceptors (Lipinski definition) is 5. The summed E-state index contributed by atoms with van der Waals surface area (Å²) in [6.07, 6.45) is -0.849. The molecule has 6 heteroatoms. The van der Waals surface area contributed by atoms with Gasteiger partial charge in [-0.3, -0.25) is 9.59 Å². The van der Waals surface area contributed by atoms with Crippen molar-refractivity contribution in [1.29, 1.82) is 0 Å². The molecule has 0 radical (unpaired) electrons. The highest BCUT2D eigenvalue weighted by Crippen LogP contribution is 2.21. The summed E-state index contributed by atoms with van der Waals surface area (Å²) >= 11 is 0. The summed E-state index contributed by atoms with van der Waals surface area (Å²) in [6, 6.07) is 4.24. The van der Waals surface area contributed by atoms with Crippen LogP contribution in [0.15, 0.2) is 18.2 Å². The molecule has 0 spiro atoms. The number of carboxylic acid groups (broad SMARTS) is 1. The van der Waals surface area contributed by atoms with E-state index >= 15 is 0 Å². The van der Waals surface area contributed by atoms with Gasteiger partial charge in [-0.05, 0) is 23.6 Å². The molecule has 0 amide bonds. The minimum Gasteiger partial charge on any atom is -0.479 e. The zero-order chi connectivity index (χ0) is 14.4. The van der Waals surface area contributed by atoms with Gasteiger partial charge in [-0.15, -0.1) is 0 Å². The van der Waals surface area contributed by atoms with Gasteiger partial charge in [0.25, 0.3) is 0 Å². The van der Waals surface area contributed by atoms with Gasteiger partial charge in [-0.25, -0.2) is 4.79 Å². The van der Waals surface area contributed by atoms with Crippen molar-refractivity contribution in [3.63, 3.8) is 0 Å². The lowest BCUT2D eigenvalue weighted by Crippen LogP contribution is -2.14. The van der Waals surface area contributed by atoms with E-state index in [9.17, 15) is 19.5 Å². The summed E-state index contributed by atoms with van der Waals surface area (Å²) in [6.45, 7) is 0. The molecule has 0 heterocycles. The van der Waals surface area contributed by atoms with E-state index in [0.717, 1.165) is 0 Å². The first-order valence-electron chi connectivity index (χ1n) is 5.55. The average molecular weight is 266 g/mol. The SMILES string of the molecule is COC(=O)CCc1cc(C=O)ccc1C(O)C(=O)O. The van der Waals surface area contributed by atoms with Gasteiger partial charge in [0.05, 0.1) is 7.11 Å². The van der Waals surface area contributed by atoms with Crippen molar-refractivity contribution < 1.29 is 29.3 Å². The number of carbonyl (C=O) groups is 3. The number of rotatable bonds is 6. The maximum absolute atomic E-state index is 11.1. The van der Waals surface area contributed by atoms with Crippen molar-refractivity contribution in [2.45, 2.75) is 18.9 Å². The molecule has 0 aliphatic rings. The molecular weight excluding hydrogens is 252 g/mol. The van der Waals surface area contributed by atoms with E-state index in [1.165, 1.54) is 25.3 Å². The van der Waals surface area contributed by atoms with E-state index in [0.29, 0.717) is 17.4 Å². The molecule has 1 aromatic carbocycles. The van der Waals surface area contributed by atoms with E-state index in [1.54, 1.807) is 0 Å². The Morgan fingerprint density at radius 3 is 2.63 bits per heavy atom. The van der Waals surface area contributed by atoms with Crippen molar-refractivity contribution >= 4 is 18.2 Å². The number of aliphatic carboxylic acids is 1. The second kappa shape index (κ2) is 6.65. The van der Waals surface area contributed by atoms with Crippen molar-refractivity contribution in [3.8, 4) is 0 Å². The largest absolute Gasteiger partial charge is 0.479 e. The van der Waals surface area contributed by atoms with Gasteiger partial charge in [0.2, 0.25) is 0 Å². The van der Waals surface area contributed by atoms with Crippen LogP contribution in [0.2, 0.25) is 0 Å². The summed E-state index contributed by atoms with van der Waals surface area (Å²) < 4.78 is 4.49. The van der Waals surface area contributed by atoms with Gasteiger partial charge >= 0.3 is 11.9 Å². The summed E-state index contributed by atoms with van der Waals surface area (Å²) in [7, 11) is 1.25. The first-order valence-corrected chi connectivity index (χ1v) is 5.55. The lowest BCUT2D eigenvalue weighted by molar-refractivity contribution is -0.147. The number of carbonyl (C=O) groups excluding carboxylic acids is 2. The molecule has 0 aromatic heterocycles. The van der Waals surface area contributed by atoms with Crippen LogP contribution in [0, 0.1) is 0 Å². The number of ether oxygens (including phenoxy) is 1. The van der Waals surface area contributed by atoms with Gasteiger partial charge in [0.1, 0.15) is 6.29 Å². The normalized spacial score (nSPS) is 11.7. The zero-order valence-electron chi connectivity index (χ0n) is 10.3. The molecular formula is C13H14O6. The third kappa shape index (κ3) is 3.89. The molecule has 0 saturated carbocycles. The summed E-state index contributed by atoms with van der Waals surface area (Å²) in [5, 5.41) is 18.4. The Morgan fingerprint density at radius 1 is 1.42 bits per heavy atom. The lowest BCUT2D eigenvalue weighted by Gasteiger charge is -2.12. The molecule has 1 unspecified atom stereocenters. The first-order chi connectivity index (χ1) is 8.99. The number of hydrogen-bond donors (Lipinski definition) is 2. The maximum atomic E-state index is 11.1. The molecule has 1 rings (SSSR count). The second-order valence-electron chi connectivity index (χ2n) is 3.89. The van der Waals surface area contributed by atoms with Crippen LogP contribution in [0.25, 0.3) is 0 Å². The average Bonchev–Trinajstić information content (AvgIpc) is 2.43. The fourth-order valence-corrected chi connectivity index (χ4v) is 1.65. The third-order valence-electron chi connectivity index (χ3n) is 2.66. The van der Waals surface area contributed by atoms with E-state index in [-0.39, 0.29) is 18.4 Å². The molecule has 0 saturated heterocycles. The first kappa shape index (κ1) is 14.8. The fraction of sp³-hybridized carbons (Fsp3) is 0.308. The maximum Gasteiger partial charge on any atom is 0.337 e. The molecule has 19 heavy (non-hydrogen) atoms. The Bertz CT molecular complexity index is 494. The molecule has 0 aliphatic carbocycles. The van der Waals surface area contributed by atoms with Crippen LogP contribution in [0.4, 0.5) is 0 Å². The number of carboxylic acids is 1. The number of esters is 1. The Hall–Kier alpha value is -2.21. The Kier molecular flexibility index (Phi) is 5.20. The molecule has 2 N–H and O–H groups in total. The molecule has 0 bridgehead atoms. The van der Waals surface area contributed by atoms with Crippen molar-refractivity contribution in [3.05, 3.63) is 34.9 Å². The fourth-order valence-electron chi connectivity index (χ4n) is 1.65. The topological polar surface area (TPSA) is 101 Å². The van der Waals surface area contributed by atoms with Gasteiger partial charge in [0.15, 0.2) is 6.10 Å². The Morgan fingerprint density at radius 2 is 2.11 bits per heavy atom. The van der Waals surface area contributed by atoms with Crippen LogP contribution >= 0.6 is 0 Å². The highest BCUT2D eigenvalue weighted by molar-refractivity contribution is 5.78. The standard InChI is InChI=1S/C13H14O6/c1-19-11(15)5-3-9-6-8(7-14)2-4-10(9)12(16)13(17)18/h2,4,6-7,12,16H,3,5H2,1H3,(H,17,18). The van der Waals surface area contributed by atoms with Gasteiger partial charge in [-0.1, -0.05) is 12.1 Å². The van der Waals surface area contributed by atoms with Crippen molar-refractivity contribution in [1.82, 2.24) is 0 Å². The van der Waals surface area contributed by atoms with Crippen LogP contribution < -0.4 is 0 Å². The van der Waals surface area contributed by atoms with E-state index in [4.69, 9.17) is 5.11 Å². The number of methoxy groups -OCH3 is 1. The molecule has 1 aromatic rings. The highest BCUT2D eigenvalue weighted by atomic mass is 16.5. The molecule has 6 nitrogen and oxygen atoms in total. The monoisotopic (exact) mass is 266 g/mol. The van der Waals surface area contributed by atoms with Gasteiger partial charge < -0.3 is 14.9 Å². The van der Waals surface area contributed by atoms with Gasteiger partial charge in [0, 0.05) is 12.0 Å². The zero-order valence-corrected chi connectivity index (χ0v) is 10.3. The second-order valence-corrected chi connectivity index (χ2v) is 3.89. The van der Waals surface area contributed by atoms with E-state index in [1.807, 2.05) is 0 Å². The highest BCUT2D eigenvalue weighted by Gasteiger charge is 2.20. The van der Waals surface area contributed by atoms with E-state index in [2.05, 4.69) is 4.74 Å². The number of aliphatic hydroxyl groups is 1. The number of aldehydes is 1. The lowest BCUT2D eigenvalue weighted by atomic mass is 9.96. The molecule has 0 fully saturated rings. The van der Waals surface area contributed by atoms with Crippen LogP contribution in [-0.2, 0) is 20.7 Å². The van der Waals surface area contributed by atoms with E-state index < -0.39 is 18.0 Å². The van der Waals surface area contributed by atoms with Crippen LogP contribution in [0.1, 0.15) is 34.0 Å². The minimum atomic E-state index is -1.69. The predicted octanol–water partition coefficient (Wildman–Crippen LogP) is 0.723. The van der Waals surface area contributed by atoms with Crippen LogP contribution in [-0.4, -0.2) is 35.5 Å². The smallest absolute Gasteiger partial charge is 0.337 e. The summed E-state index contributed by atoms with van der Waals surface area (Å²) in [5.74, 6) is -1.84.